The summed E-state index contributed by atoms with van der Waals surface area (Å²) in [7, 11) is 2.69. The van der Waals surface area contributed by atoms with E-state index in [1.807, 2.05) is 0 Å². The second-order valence-corrected chi connectivity index (χ2v) is 7.04. The molecule has 7 heteroatoms. The van der Waals surface area contributed by atoms with E-state index >= 15 is 0 Å². The van der Waals surface area contributed by atoms with Crippen LogP contribution in [0.1, 0.15) is 58.6 Å². The van der Waals surface area contributed by atoms with Crippen molar-refractivity contribution in [3.05, 3.63) is 58.7 Å². The second kappa shape index (κ2) is 8.76. The van der Waals surface area contributed by atoms with Crippen LogP contribution < -0.4 is 9.47 Å². The molecule has 0 heterocycles. The molecule has 2 aromatic carbocycles. The second-order valence-electron chi connectivity index (χ2n) is 7.04. The topological polar surface area (TPSA) is 44.8 Å². The normalized spacial score (nSPS) is 14.7. The highest BCUT2D eigenvalue weighted by atomic mass is 19.4. The number of benzene rings is 2. The van der Waals surface area contributed by atoms with Crippen LogP contribution in [-0.2, 0) is 17.5 Å². The van der Waals surface area contributed by atoms with Crippen LogP contribution in [0.3, 0.4) is 0 Å². The molecule has 3 rings (SSSR count). The van der Waals surface area contributed by atoms with Gasteiger partial charge in [-0.1, -0.05) is 25.0 Å². The highest BCUT2D eigenvalue weighted by Crippen LogP contribution is 2.42. The van der Waals surface area contributed by atoms with Gasteiger partial charge in [0.1, 0.15) is 23.7 Å². The van der Waals surface area contributed by atoms with Crippen LogP contribution in [0.15, 0.2) is 36.4 Å². The van der Waals surface area contributed by atoms with E-state index in [1.54, 1.807) is 18.2 Å². The Hall–Kier alpha value is -2.70. The number of hydrogen-bond acceptors (Lipinski definition) is 4. The van der Waals surface area contributed by atoms with Gasteiger partial charge in [-0.2, -0.15) is 13.2 Å². The predicted molar refractivity (Wildman–Crippen MR) is 101 cm³/mol. The fraction of sp³-hybridized carbons (Fsp3) is 0.409. The molecule has 0 saturated heterocycles. The number of methoxy groups -OCH3 is 2. The Morgan fingerprint density at radius 2 is 1.79 bits per heavy atom. The third-order valence-electron chi connectivity index (χ3n) is 5.20. The number of alkyl halides is 3. The monoisotopic (exact) mass is 408 g/mol. The first-order chi connectivity index (χ1) is 13.8. The first kappa shape index (κ1) is 21.0. The van der Waals surface area contributed by atoms with Gasteiger partial charge < -0.3 is 14.2 Å². The van der Waals surface area contributed by atoms with Gasteiger partial charge in [0.15, 0.2) is 0 Å². The number of rotatable bonds is 6. The minimum atomic E-state index is -4.43. The Bertz CT molecular complexity index is 871. The van der Waals surface area contributed by atoms with Crippen LogP contribution in [0.5, 0.6) is 11.5 Å². The van der Waals surface area contributed by atoms with Crippen molar-refractivity contribution in [2.75, 3.05) is 14.2 Å². The van der Waals surface area contributed by atoms with Crippen LogP contribution in [0, 0.1) is 0 Å². The Morgan fingerprint density at radius 1 is 1.07 bits per heavy atom. The Kier molecular flexibility index (Phi) is 6.35. The van der Waals surface area contributed by atoms with Crippen molar-refractivity contribution in [2.45, 2.75) is 44.4 Å². The smallest absolute Gasteiger partial charge is 0.416 e. The first-order valence-corrected chi connectivity index (χ1v) is 9.42. The molecule has 0 radical (unpaired) electrons. The number of esters is 1. The number of hydrogen-bond donors (Lipinski definition) is 0. The molecule has 0 aliphatic heterocycles. The number of halogens is 3. The SMILES string of the molecule is COC(=O)c1ccc(COc2ccc(C3CCCC3)c(C(F)(F)F)c2)cc1OC. The van der Waals surface area contributed by atoms with Crippen LogP contribution in [0.25, 0.3) is 0 Å². The number of ether oxygens (including phenoxy) is 3. The molecule has 0 atom stereocenters. The summed E-state index contributed by atoms with van der Waals surface area (Å²) in [5.41, 5.74) is 0.647. The standard InChI is InChI=1S/C22H23F3O4/c1-27-20-11-14(7-9-18(20)21(26)28-2)13-29-16-8-10-17(15-5-3-4-6-15)19(12-16)22(23,24)25/h7-12,15H,3-6,13H2,1-2H3. The highest BCUT2D eigenvalue weighted by Gasteiger charge is 2.36. The van der Waals surface area contributed by atoms with Crippen molar-refractivity contribution in [1.29, 1.82) is 0 Å². The van der Waals surface area contributed by atoms with Crippen molar-refractivity contribution < 1.29 is 32.2 Å². The van der Waals surface area contributed by atoms with Gasteiger partial charge in [0.25, 0.3) is 0 Å². The van der Waals surface area contributed by atoms with E-state index in [-0.39, 0.29) is 23.8 Å². The fourth-order valence-corrected chi connectivity index (χ4v) is 3.73. The van der Waals surface area contributed by atoms with Gasteiger partial charge in [0.2, 0.25) is 0 Å². The molecule has 1 fully saturated rings. The van der Waals surface area contributed by atoms with Crippen molar-refractivity contribution in [3.8, 4) is 11.5 Å². The maximum Gasteiger partial charge on any atom is 0.416 e. The lowest BCUT2D eigenvalue weighted by atomic mass is 9.92. The summed E-state index contributed by atoms with van der Waals surface area (Å²) >= 11 is 0. The summed E-state index contributed by atoms with van der Waals surface area (Å²) in [6.07, 6.45) is -0.929. The van der Waals surface area contributed by atoms with Crippen LogP contribution in [0.4, 0.5) is 13.2 Å². The first-order valence-electron chi connectivity index (χ1n) is 9.42. The predicted octanol–water partition coefficient (Wildman–Crippen LogP) is 5.74. The molecule has 1 saturated carbocycles. The van der Waals surface area contributed by atoms with Gasteiger partial charge in [-0.15, -0.1) is 0 Å². The average molecular weight is 408 g/mol. The molecular formula is C22H23F3O4. The number of carbonyl (C=O) groups is 1. The Morgan fingerprint density at radius 3 is 2.41 bits per heavy atom. The van der Waals surface area contributed by atoms with Gasteiger partial charge in [-0.25, -0.2) is 4.79 Å². The van der Waals surface area contributed by atoms with E-state index in [2.05, 4.69) is 4.74 Å². The zero-order chi connectivity index (χ0) is 21.0. The molecule has 1 aliphatic carbocycles. The van der Waals surface area contributed by atoms with Gasteiger partial charge in [0.05, 0.1) is 19.8 Å². The maximum absolute atomic E-state index is 13.6. The highest BCUT2D eigenvalue weighted by molar-refractivity contribution is 5.92. The van der Waals surface area contributed by atoms with Gasteiger partial charge in [-0.3, -0.25) is 0 Å². The van der Waals surface area contributed by atoms with E-state index in [4.69, 9.17) is 9.47 Å². The molecule has 1 aliphatic rings. The molecule has 0 aromatic heterocycles. The minimum absolute atomic E-state index is 0.0396. The minimum Gasteiger partial charge on any atom is -0.496 e. The molecule has 0 N–H and O–H groups in total. The van der Waals surface area contributed by atoms with E-state index in [1.165, 1.54) is 26.4 Å². The van der Waals surface area contributed by atoms with Crippen LogP contribution >= 0.6 is 0 Å². The van der Waals surface area contributed by atoms with Gasteiger partial charge in [-0.05, 0) is 54.2 Å². The van der Waals surface area contributed by atoms with E-state index in [0.29, 0.717) is 16.9 Å². The van der Waals surface area contributed by atoms with Gasteiger partial charge >= 0.3 is 12.1 Å². The third kappa shape index (κ3) is 4.83. The summed E-state index contributed by atoms with van der Waals surface area (Å²) < 4.78 is 56.2. The third-order valence-corrected chi connectivity index (χ3v) is 5.20. The van der Waals surface area contributed by atoms with Crippen LogP contribution in [-0.4, -0.2) is 20.2 Å². The van der Waals surface area contributed by atoms with Crippen LogP contribution in [0.2, 0.25) is 0 Å². The fourth-order valence-electron chi connectivity index (χ4n) is 3.73. The van der Waals surface area contributed by atoms with Crippen molar-refractivity contribution in [2.24, 2.45) is 0 Å². The molecule has 0 unspecified atom stereocenters. The molecule has 0 spiro atoms. The Labute approximate surface area is 167 Å². The summed E-state index contributed by atoms with van der Waals surface area (Å²) in [4.78, 5) is 11.7. The van der Waals surface area contributed by atoms with Gasteiger partial charge in [0, 0.05) is 0 Å². The van der Waals surface area contributed by atoms with Crippen molar-refractivity contribution in [1.82, 2.24) is 0 Å². The summed E-state index contributed by atoms with van der Waals surface area (Å²) in [6, 6.07) is 8.98. The van der Waals surface area contributed by atoms with Crippen molar-refractivity contribution >= 4 is 5.97 Å². The molecular weight excluding hydrogens is 385 g/mol. The molecule has 4 nitrogen and oxygen atoms in total. The average Bonchev–Trinajstić information content (AvgIpc) is 3.25. The molecule has 2 aromatic rings. The Balaban J connectivity index is 1.79. The quantitative estimate of drug-likeness (QED) is 0.572. The maximum atomic E-state index is 13.6. The molecule has 29 heavy (non-hydrogen) atoms. The zero-order valence-corrected chi connectivity index (χ0v) is 16.3. The molecule has 0 amide bonds. The zero-order valence-electron chi connectivity index (χ0n) is 16.3. The number of carbonyl (C=O) groups excluding carboxylic acids is 1. The van der Waals surface area contributed by atoms with E-state index < -0.39 is 17.7 Å². The summed E-state index contributed by atoms with van der Waals surface area (Å²) in [5, 5.41) is 0. The lowest BCUT2D eigenvalue weighted by Gasteiger charge is -2.19. The van der Waals surface area contributed by atoms with Crippen molar-refractivity contribution in [3.63, 3.8) is 0 Å². The summed E-state index contributed by atoms with van der Waals surface area (Å²) in [5.74, 6) is -0.122. The van der Waals surface area contributed by atoms with E-state index in [9.17, 15) is 18.0 Å². The molecule has 0 bridgehead atoms. The lowest BCUT2D eigenvalue weighted by molar-refractivity contribution is -0.138. The summed E-state index contributed by atoms with van der Waals surface area (Å²) in [6.45, 7) is 0.0396. The molecule has 156 valence electrons. The van der Waals surface area contributed by atoms with E-state index in [0.717, 1.165) is 31.7 Å². The lowest BCUT2D eigenvalue weighted by Crippen LogP contribution is -2.11. The largest absolute Gasteiger partial charge is 0.496 e.